The van der Waals surface area contributed by atoms with E-state index in [2.05, 4.69) is 18.3 Å². The van der Waals surface area contributed by atoms with Gasteiger partial charge in [-0.1, -0.05) is 23.8 Å². The van der Waals surface area contributed by atoms with E-state index in [0.717, 1.165) is 12.0 Å². The predicted molar refractivity (Wildman–Crippen MR) is 63.0 cm³/mol. The molecule has 15 heavy (non-hydrogen) atoms. The van der Waals surface area contributed by atoms with Gasteiger partial charge in [-0.25, -0.2) is 0 Å². The monoisotopic (exact) mass is 203 g/mol. The molecule has 0 aliphatic rings. The molecule has 0 radical (unpaired) electrons. The average Bonchev–Trinajstić information content (AvgIpc) is 2.28. The normalized spacial score (nSPS) is 11.3. The Morgan fingerprint density at radius 3 is 2.80 bits per heavy atom. The second-order valence-electron chi connectivity index (χ2n) is 3.59. The van der Waals surface area contributed by atoms with Crippen molar-refractivity contribution in [3.63, 3.8) is 0 Å². The average molecular weight is 203 g/mol. The lowest BCUT2D eigenvalue weighted by Crippen LogP contribution is -2.17. The van der Waals surface area contributed by atoms with Crippen LogP contribution in [0, 0.1) is 0 Å². The lowest BCUT2D eigenvalue weighted by atomic mass is 10.0. The van der Waals surface area contributed by atoms with Gasteiger partial charge in [0.2, 0.25) is 0 Å². The second kappa shape index (κ2) is 5.35. The SMILES string of the molecule is C/C=C(\C)Cc1cccc(C(=O)NC)c1. The summed E-state index contributed by atoms with van der Waals surface area (Å²) in [4.78, 5) is 11.4. The topological polar surface area (TPSA) is 29.1 Å². The molecule has 1 aromatic rings. The molecule has 0 aromatic heterocycles. The van der Waals surface area contributed by atoms with Gasteiger partial charge in [-0.05, 0) is 38.0 Å². The molecule has 1 aromatic carbocycles. The summed E-state index contributed by atoms with van der Waals surface area (Å²) in [7, 11) is 1.65. The zero-order valence-corrected chi connectivity index (χ0v) is 9.50. The van der Waals surface area contributed by atoms with E-state index in [1.54, 1.807) is 7.05 Å². The van der Waals surface area contributed by atoms with Crippen LogP contribution in [0.15, 0.2) is 35.9 Å². The van der Waals surface area contributed by atoms with E-state index in [1.165, 1.54) is 11.1 Å². The minimum atomic E-state index is -0.0324. The van der Waals surface area contributed by atoms with Crippen molar-refractivity contribution in [3.8, 4) is 0 Å². The van der Waals surface area contributed by atoms with Gasteiger partial charge in [-0.3, -0.25) is 4.79 Å². The van der Waals surface area contributed by atoms with Gasteiger partial charge < -0.3 is 5.32 Å². The van der Waals surface area contributed by atoms with E-state index < -0.39 is 0 Å². The van der Waals surface area contributed by atoms with Gasteiger partial charge in [0, 0.05) is 12.6 Å². The van der Waals surface area contributed by atoms with Crippen LogP contribution in [0.3, 0.4) is 0 Å². The molecule has 0 saturated carbocycles. The number of hydrogen-bond donors (Lipinski definition) is 1. The van der Waals surface area contributed by atoms with Crippen LogP contribution in [0.4, 0.5) is 0 Å². The minimum Gasteiger partial charge on any atom is -0.355 e. The first kappa shape index (κ1) is 11.5. The first-order valence-electron chi connectivity index (χ1n) is 5.10. The highest BCUT2D eigenvalue weighted by Crippen LogP contribution is 2.10. The first-order valence-corrected chi connectivity index (χ1v) is 5.10. The van der Waals surface area contributed by atoms with E-state index >= 15 is 0 Å². The fourth-order valence-electron chi connectivity index (χ4n) is 1.39. The minimum absolute atomic E-state index is 0.0324. The van der Waals surface area contributed by atoms with Gasteiger partial charge in [0.25, 0.3) is 5.91 Å². The van der Waals surface area contributed by atoms with E-state index in [1.807, 2.05) is 31.2 Å². The van der Waals surface area contributed by atoms with Gasteiger partial charge in [0.05, 0.1) is 0 Å². The molecule has 1 amide bonds. The molecule has 0 aliphatic heterocycles. The van der Waals surface area contributed by atoms with Crippen LogP contribution in [0.5, 0.6) is 0 Å². The smallest absolute Gasteiger partial charge is 0.251 e. The molecule has 80 valence electrons. The molecule has 0 fully saturated rings. The molecule has 2 heteroatoms. The van der Waals surface area contributed by atoms with E-state index in [-0.39, 0.29) is 5.91 Å². The van der Waals surface area contributed by atoms with Crippen molar-refractivity contribution in [2.75, 3.05) is 7.05 Å². The number of hydrogen-bond acceptors (Lipinski definition) is 1. The van der Waals surface area contributed by atoms with Gasteiger partial charge in [-0.2, -0.15) is 0 Å². The van der Waals surface area contributed by atoms with Gasteiger partial charge >= 0.3 is 0 Å². The number of amides is 1. The molecule has 1 rings (SSSR count). The molecular formula is C13H17NO. The van der Waals surface area contributed by atoms with Gasteiger partial charge in [0.1, 0.15) is 0 Å². The molecular weight excluding hydrogens is 186 g/mol. The quantitative estimate of drug-likeness (QED) is 0.751. The predicted octanol–water partition coefficient (Wildman–Crippen LogP) is 2.55. The fraction of sp³-hybridized carbons (Fsp3) is 0.308. The molecule has 0 spiro atoms. The third kappa shape index (κ3) is 3.24. The third-order valence-corrected chi connectivity index (χ3v) is 2.39. The maximum atomic E-state index is 11.4. The molecule has 0 aliphatic carbocycles. The highest BCUT2D eigenvalue weighted by atomic mass is 16.1. The maximum Gasteiger partial charge on any atom is 0.251 e. The summed E-state index contributed by atoms with van der Waals surface area (Å²) in [6.45, 7) is 4.12. The Morgan fingerprint density at radius 1 is 1.47 bits per heavy atom. The number of carbonyl (C=O) groups is 1. The molecule has 0 atom stereocenters. The Hall–Kier alpha value is -1.57. The Labute approximate surface area is 91.0 Å². The Morgan fingerprint density at radius 2 is 2.20 bits per heavy atom. The largest absolute Gasteiger partial charge is 0.355 e. The van der Waals surface area contributed by atoms with Crippen LogP contribution in [-0.4, -0.2) is 13.0 Å². The van der Waals surface area contributed by atoms with Gasteiger partial charge in [0.15, 0.2) is 0 Å². The maximum absolute atomic E-state index is 11.4. The van der Waals surface area contributed by atoms with Gasteiger partial charge in [-0.15, -0.1) is 0 Å². The van der Waals surface area contributed by atoms with E-state index in [4.69, 9.17) is 0 Å². The zero-order chi connectivity index (χ0) is 11.3. The Balaban J connectivity index is 2.88. The highest BCUT2D eigenvalue weighted by molar-refractivity contribution is 5.94. The van der Waals surface area contributed by atoms with Crippen molar-refractivity contribution < 1.29 is 4.79 Å². The number of nitrogens with one attached hydrogen (secondary N) is 1. The van der Waals surface area contributed by atoms with Crippen molar-refractivity contribution in [2.45, 2.75) is 20.3 Å². The van der Waals surface area contributed by atoms with Crippen LogP contribution in [0.2, 0.25) is 0 Å². The standard InChI is InChI=1S/C13H17NO/c1-4-10(2)8-11-6-5-7-12(9-11)13(15)14-3/h4-7,9H,8H2,1-3H3,(H,14,15)/b10-4+. The number of rotatable bonds is 3. The number of carbonyl (C=O) groups excluding carboxylic acids is 1. The molecule has 0 heterocycles. The summed E-state index contributed by atoms with van der Waals surface area (Å²) in [5.74, 6) is -0.0324. The second-order valence-corrected chi connectivity index (χ2v) is 3.59. The van der Waals surface area contributed by atoms with Crippen LogP contribution >= 0.6 is 0 Å². The molecule has 1 N–H and O–H groups in total. The molecule has 0 saturated heterocycles. The van der Waals surface area contributed by atoms with Crippen LogP contribution in [0.1, 0.15) is 29.8 Å². The highest BCUT2D eigenvalue weighted by Gasteiger charge is 2.03. The van der Waals surface area contributed by atoms with Crippen LogP contribution in [-0.2, 0) is 6.42 Å². The molecule has 0 unspecified atom stereocenters. The summed E-state index contributed by atoms with van der Waals surface area (Å²) >= 11 is 0. The molecule has 2 nitrogen and oxygen atoms in total. The lowest BCUT2D eigenvalue weighted by molar-refractivity contribution is 0.0963. The van der Waals surface area contributed by atoms with Crippen molar-refractivity contribution in [2.24, 2.45) is 0 Å². The van der Waals surface area contributed by atoms with Crippen LogP contribution in [0.25, 0.3) is 0 Å². The van der Waals surface area contributed by atoms with Crippen molar-refractivity contribution in [1.29, 1.82) is 0 Å². The summed E-state index contributed by atoms with van der Waals surface area (Å²) in [5, 5.41) is 2.62. The zero-order valence-electron chi connectivity index (χ0n) is 9.50. The summed E-state index contributed by atoms with van der Waals surface area (Å²) in [6, 6.07) is 7.72. The van der Waals surface area contributed by atoms with E-state index in [9.17, 15) is 4.79 Å². The third-order valence-electron chi connectivity index (χ3n) is 2.39. The summed E-state index contributed by atoms with van der Waals surface area (Å²) < 4.78 is 0. The number of allylic oxidation sites excluding steroid dienone is 2. The van der Waals surface area contributed by atoms with Crippen molar-refractivity contribution >= 4 is 5.91 Å². The van der Waals surface area contributed by atoms with Crippen molar-refractivity contribution in [3.05, 3.63) is 47.0 Å². The lowest BCUT2D eigenvalue weighted by Gasteiger charge is -2.04. The molecule has 0 bridgehead atoms. The summed E-state index contributed by atoms with van der Waals surface area (Å²) in [5.41, 5.74) is 3.20. The van der Waals surface area contributed by atoms with Crippen molar-refractivity contribution in [1.82, 2.24) is 5.32 Å². The first-order chi connectivity index (χ1) is 7.17. The van der Waals surface area contributed by atoms with E-state index in [0.29, 0.717) is 0 Å². The summed E-state index contributed by atoms with van der Waals surface area (Å²) in [6.07, 6.45) is 2.99. The Bertz CT molecular complexity index is 380. The van der Waals surface area contributed by atoms with Crippen LogP contribution < -0.4 is 5.32 Å². The Kier molecular flexibility index (Phi) is 4.10. The number of benzene rings is 1. The fourth-order valence-corrected chi connectivity index (χ4v) is 1.39.